The van der Waals surface area contributed by atoms with Crippen molar-refractivity contribution in [2.24, 2.45) is 0 Å². The van der Waals surface area contributed by atoms with Crippen LogP contribution in [0.25, 0.3) is 0 Å². The third-order valence-electron chi connectivity index (χ3n) is 3.23. The minimum absolute atomic E-state index is 0.359. The summed E-state index contributed by atoms with van der Waals surface area (Å²) in [5.41, 5.74) is 1.19. The van der Waals surface area contributed by atoms with E-state index in [-0.39, 0.29) is 0 Å². The predicted molar refractivity (Wildman–Crippen MR) is 65.5 cm³/mol. The molecule has 2 N–H and O–H groups in total. The Morgan fingerprint density at radius 3 is 3.12 bits per heavy atom. The van der Waals surface area contributed by atoms with E-state index in [1.807, 2.05) is 12.1 Å². The SMILES string of the molecule is CC1CCNCCN1Cc1cccc(O)c1. The Balaban J connectivity index is 2.02. The minimum atomic E-state index is 0.359. The Morgan fingerprint density at radius 2 is 2.31 bits per heavy atom. The van der Waals surface area contributed by atoms with Gasteiger partial charge in [-0.3, -0.25) is 4.90 Å². The molecule has 1 fully saturated rings. The van der Waals surface area contributed by atoms with Gasteiger partial charge in [0.05, 0.1) is 0 Å². The molecule has 1 saturated heterocycles. The van der Waals surface area contributed by atoms with E-state index in [2.05, 4.69) is 23.2 Å². The van der Waals surface area contributed by atoms with Crippen LogP contribution < -0.4 is 5.32 Å². The molecule has 1 unspecified atom stereocenters. The van der Waals surface area contributed by atoms with Crippen LogP contribution in [0.2, 0.25) is 0 Å². The lowest BCUT2D eigenvalue weighted by atomic mass is 10.1. The summed E-state index contributed by atoms with van der Waals surface area (Å²) in [6, 6.07) is 8.16. The van der Waals surface area contributed by atoms with Gasteiger partial charge in [0.2, 0.25) is 0 Å². The second-order valence-electron chi connectivity index (χ2n) is 4.53. The number of hydrogen-bond acceptors (Lipinski definition) is 3. The van der Waals surface area contributed by atoms with Gasteiger partial charge in [-0.15, -0.1) is 0 Å². The van der Waals surface area contributed by atoms with E-state index in [9.17, 15) is 5.11 Å². The largest absolute Gasteiger partial charge is 0.508 e. The van der Waals surface area contributed by atoms with E-state index in [4.69, 9.17) is 0 Å². The van der Waals surface area contributed by atoms with Gasteiger partial charge in [0.15, 0.2) is 0 Å². The van der Waals surface area contributed by atoms with Crippen LogP contribution in [-0.4, -0.2) is 35.7 Å². The molecule has 1 heterocycles. The van der Waals surface area contributed by atoms with Crippen molar-refractivity contribution in [2.45, 2.75) is 25.9 Å². The quantitative estimate of drug-likeness (QED) is 0.794. The number of phenolic OH excluding ortho intramolecular Hbond substituents is 1. The Morgan fingerprint density at radius 1 is 1.44 bits per heavy atom. The number of phenols is 1. The number of rotatable bonds is 2. The molecule has 3 nitrogen and oxygen atoms in total. The van der Waals surface area contributed by atoms with Gasteiger partial charge in [-0.25, -0.2) is 0 Å². The summed E-state index contributed by atoms with van der Waals surface area (Å²) in [6.45, 7) is 6.45. The Hall–Kier alpha value is -1.06. The monoisotopic (exact) mass is 220 g/mol. The van der Waals surface area contributed by atoms with Crippen LogP contribution >= 0.6 is 0 Å². The van der Waals surface area contributed by atoms with Crippen LogP contribution in [0.1, 0.15) is 18.9 Å². The lowest BCUT2D eigenvalue weighted by molar-refractivity contribution is 0.211. The van der Waals surface area contributed by atoms with E-state index >= 15 is 0 Å². The van der Waals surface area contributed by atoms with E-state index in [1.165, 1.54) is 12.0 Å². The van der Waals surface area contributed by atoms with Gasteiger partial charge in [0.1, 0.15) is 5.75 Å². The maximum Gasteiger partial charge on any atom is 0.115 e. The third kappa shape index (κ3) is 2.97. The van der Waals surface area contributed by atoms with Gasteiger partial charge in [0, 0.05) is 25.7 Å². The van der Waals surface area contributed by atoms with Gasteiger partial charge in [-0.05, 0) is 37.6 Å². The Labute approximate surface area is 97.1 Å². The number of nitrogens with one attached hydrogen (secondary N) is 1. The van der Waals surface area contributed by atoms with Crippen molar-refractivity contribution in [3.05, 3.63) is 29.8 Å². The first-order valence-corrected chi connectivity index (χ1v) is 5.98. The molecule has 0 bridgehead atoms. The van der Waals surface area contributed by atoms with Crippen LogP contribution in [0.4, 0.5) is 0 Å². The third-order valence-corrected chi connectivity index (χ3v) is 3.23. The molecule has 1 aromatic rings. The lowest BCUT2D eigenvalue weighted by Crippen LogP contribution is -2.33. The summed E-state index contributed by atoms with van der Waals surface area (Å²) in [4.78, 5) is 2.47. The molecule has 0 saturated carbocycles. The first-order chi connectivity index (χ1) is 7.75. The van der Waals surface area contributed by atoms with Gasteiger partial charge < -0.3 is 10.4 Å². The van der Waals surface area contributed by atoms with Crippen molar-refractivity contribution in [2.75, 3.05) is 19.6 Å². The molecule has 1 aliphatic rings. The Bertz CT molecular complexity index is 340. The summed E-state index contributed by atoms with van der Waals surface area (Å²) in [5, 5.41) is 12.8. The van der Waals surface area contributed by atoms with Gasteiger partial charge in [-0.1, -0.05) is 12.1 Å². The van der Waals surface area contributed by atoms with Crippen LogP contribution in [0.5, 0.6) is 5.75 Å². The molecule has 2 rings (SSSR count). The van der Waals surface area contributed by atoms with E-state index in [1.54, 1.807) is 6.07 Å². The van der Waals surface area contributed by atoms with Crippen LogP contribution in [-0.2, 0) is 6.54 Å². The van der Waals surface area contributed by atoms with Crippen LogP contribution in [0.15, 0.2) is 24.3 Å². The van der Waals surface area contributed by atoms with E-state index in [0.29, 0.717) is 11.8 Å². The first kappa shape index (κ1) is 11.4. The molecule has 3 heteroatoms. The zero-order valence-electron chi connectivity index (χ0n) is 9.82. The topological polar surface area (TPSA) is 35.5 Å². The maximum atomic E-state index is 9.43. The molecule has 1 atom stereocenters. The molecule has 0 aromatic heterocycles. The smallest absolute Gasteiger partial charge is 0.115 e. The van der Waals surface area contributed by atoms with Crippen LogP contribution in [0, 0.1) is 0 Å². The van der Waals surface area contributed by atoms with Crippen molar-refractivity contribution in [1.29, 1.82) is 0 Å². The second-order valence-corrected chi connectivity index (χ2v) is 4.53. The van der Waals surface area contributed by atoms with Gasteiger partial charge in [-0.2, -0.15) is 0 Å². The molecule has 16 heavy (non-hydrogen) atoms. The first-order valence-electron chi connectivity index (χ1n) is 5.98. The number of hydrogen-bond donors (Lipinski definition) is 2. The molecule has 0 spiro atoms. The average molecular weight is 220 g/mol. The molecular weight excluding hydrogens is 200 g/mol. The zero-order valence-corrected chi connectivity index (χ0v) is 9.82. The summed E-state index contributed by atoms with van der Waals surface area (Å²) in [7, 11) is 0. The van der Waals surface area contributed by atoms with Crippen molar-refractivity contribution < 1.29 is 5.11 Å². The fourth-order valence-corrected chi connectivity index (χ4v) is 2.19. The predicted octanol–water partition coefficient (Wildman–Crippen LogP) is 1.58. The summed E-state index contributed by atoms with van der Waals surface area (Å²) >= 11 is 0. The molecule has 0 radical (unpaired) electrons. The van der Waals surface area contributed by atoms with Crippen molar-refractivity contribution in [3.63, 3.8) is 0 Å². The number of aromatic hydroxyl groups is 1. The second kappa shape index (κ2) is 5.32. The highest BCUT2D eigenvalue weighted by Gasteiger charge is 2.16. The molecular formula is C13H20N2O. The molecule has 1 aromatic carbocycles. The van der Waals surface area contributed by atoms with E-state index < -0.39 is 0 Å². The van der Waals surface area contributed by atoms with Crippen molar-refractivity contribution >= 4 is 0 Å². The van der Waals surface area contributed by atoms with E-state index in [0.717, 1.165) is 26.2 Å². The maximum absolute atomic E-state index is 9.43. The summed E-state index contributed by atoms with van der Waals surface area (Å²) in [5.74, 6) is 0.359. The highest BCUT2D eigenvalue weighted by atomic mass is 16.3. The van der Waals surface area contributed by atoms with Crippen molar-refractivity contribution in [3.8, 4) is 5.75 Å². The summed E-state index contributed by atoms with van der Waals surface area (Å²) in [6.07, 6.45) is 1.19. The molecule has 0 amide bonds. The van der Waals surface area contributed by atoms with Crippen LogP contribution in [0.3, 0.4) is 0 Å². The molecule has 1 aliphatic heterocycles. The average Bonchev–Trinajstić information content (AvgIpc) is 2.45. The lowest BCUT2D eigenvalue weighted by Gasteiger charge is -2.26. The number of nitrogens with zero attached hydrogens (tertiary/aromatic N) is 1. The molecule has 88 valence electrons. The minimum Gasteiger partial charge on any atom is -0.508 e. The van der Waals surface area contributed by atoms with Crippen molar-refractivity contribution in [1.82, 2.24) is 10.2 Å². The molecule has 0 aliphatic carbocycles. The highest BCUT2D eigenvalue weighted by Crippen LogP contribution is 2.15. The van der Waals surface area contributed by atoms with Gasteiger partial charge >= 0.3 is 0 Å². The zero-order chi connectivity index (χ0) is 11.4. The fraction of sp³-hybridized carbons (Fsp3) is 0.538. The normalized spacial score (nSPS) is 22.9. The Kier molecular flexibility index (Phi) is 3.80. The summed E-state index contributed by atoms with van der Waals surface area (Å²) < 4.78 is 0. The highest BCUT2D eigenvalue weighted by molar-refractivity contribution is 5.27. The standard InChI is InChI=1S/C13H20N2O/c1-11-5-6-14-7-8-15(11)10-12-3-2-4-13(16)9-12/h2-4,9,11,14,16H,5-8,10H2,1H3. The van der Waals surface area contributed by atoms with Gasteiger partial charge in [0.25, 0.3) is 0 Å². The fourth-order valence-electron chi connectivity index (χ4n) is 2.19. The number of benzene rings is 1.